The van der Waals surface area contributed by atoms with Gasteiger partial charge in [-0.25, -0.2) is 4.39 Å². The van der Waals surface area contributed by atoms with Gasteiger partial charge in [-0.15, -0.1) is 10.2 Å². The number of hydrogen-bond acceptors (Lipinski definition) is 7. The zero-order valence-electron chi connectivity index (χ0n) is 16.1. The number of halogens is 1. The monoisotopic (exact) mass is 430 g/mol. The van der Waals surface area contributed by atoms with E-state index in [0.29, 0.717) is 12.3 Å². The van der Waals surface area contributed by atoms with Crippen molar-refractivity contribution < 1.29 is 23.1 Å². The van der Waals surface area contributed by atoms with E-state index in [1.807, 2.05) is 6.92 Å². The summed E-state index contributed by atoms with van der Waals surface area (Å²) in [5.41, 5.74) is 0.573. The molecule has 0 aliphatic carbocycles. The molecule has 2 aromatic carbocycles. The smallest absolute Gasteiger partial charge is 0.277 e. The number of thioether (sulfide) groups is 1. The van der Waals surface area contributed by atoms with Crippen LogP contribution in [0.5, 0.6) is 5.75 Å². The zero-order valence-corrected chi connectivity index (χ0v) is 16.9. The third-order valence-corrected chi connectivity index (χ3v) is 4.56. The molecule has 2 N–H and O–H groups in total. The summed E-state index contributed by atoms with van der Waals surface area (Å²) in [6, 6.07) is 12.7. The molecule has 0 saturated carbocycles. The number of nitrogens with one attached hydrogen (secondary N) is 2. The average Bonchev–Trinajstić information content (AvgIpc) is 3.20. The highest BCUT2D eigenvalue weighted by Crippen LogP contribution is 2.18. The molecule has 0 radical (unpaired) electrons. The van der Waals surface area contributed by atoms with Crippen LogP contribution in [0.15, 0.2) is 58.2 Å². The van der Waals surface area contributed by atoms with Crippen molar-refractivity contribution in [3.63, 3.8) is 0 Å². The largest absolute Gasteiger partial charge is 0.494 e. The Morgan fingerprint density at radius 3 is 2.63 bits per heavy atom. The van der Waals surface area contributed by atoms with E-state index in [1.165, 1.54) is 18.2 Å². The van der Waals surface area contributed by atoms with Crippen molar-refractivity contribution >= 4 is 29.3 Å². The fourth-order valence-corrected chi connectivity index (χ4v) is 2.97. The van der Waals surface area contributed by atoms with E-state index in [0.717, 1.165) is 17.5 Å². The number of ether oxygens (including phenoxy) is 1. The van der Waals surface area contributed by atoms with Gasteiger partial charge < -0.3 is 19.8 Å². The number of hydrogen-bond donors (Lipinski definition) is 2. The summed E-state index contributed by atoms with van der Waals surface area (Å²) in [6.07, 6.45) is 0. The molecule has 0 bridgehead atoms. The first-order valence-corrected chi connectivity index (χ1v) is 10.0. The molecule has 1 aromatic heterocycles. The average molecular weight is 430 g/mol. The lowest BCUT2D eigenvalue weighted by molar-refractivity contribution is -0.113. The number of carbonyl (C=O) groups is 2. The topological polar surface area (TPSA) is 106 Å². The summed E-state index contributed by atoms with van der Waals surface area (Å²) in [4.78, 5) is 24.0. The van der Waals surface area contributed by atoms with E-state index in [-0.39, 0.29) is 34.9 Å². The fourth-order valence-electron chi connectivity index (χ4n) is 2.39. The Morgan fingerprint density at radius 1 is 1.13 bits per heavy atom. The van der Waals surface area contributed by atoms with E-state index in [9.17, 15) is 14.0 Å². The molecule has 1 heterocycles. The van der Waals surface area contributed by atoms with Gasteiger partial charge in [0, 0.05) is 5.69 Å². The first kappa shape index (κ1) is 21.3. The van der Waals surface area contributed by atoms with Gasteiger partial charge in [0.1, 0.15) is 11.6 Å². The Kier molecular flexibility index (Phi) is 7.39. The molecule has 0 aliphatic heterocycles. The summed E-state index contributed by atoms with van der Waals surface area (Å²) in [5, 5.41) is 13.1. The van der Waals surface area contributed by atoms with Crippen LogP contribution in [0.2, 0.25) is 0 Å². The molecule has 0 aliphatic rings. The third kappa shape index (κ3) is 6.05. The van der Waals surface area contributed by atoms with Crippen molar-refractivity contribution in [1.29, 1.82) is 0 Å². The van der Waals surface area contributed by atoms with Gasteiger partial charge in [0.15, 0.2) is 0 Å². The standard InChI is InChI=1S/C20H19FN4O4S/c1-2-28-14-9-7-13(8-10-14)23-17(26)12-30-20-25-24-18(29-20)11-22-19(27)15-5-3-4-6-16(15)21/h3-10H,2,11-12H2,1H3,(H,22,27)(H,23,26). The Hall–Kier alpha value is -3.40. The highest BCUT2D eigenvalue weighted by molar-refractivity contribution is 7.99. The molecule has 3 aromatic rings. The van der Waals surface area contributed by atoms with Gasteiger partial charge in [-0.3, -0.25) is 9.59 Å². The molecule has 10 heteroatoms. The van der Waals surface area contributed by atoms with Gasteiger partial charge in [0.25, 0.3) is 11.1 Å². The summed E-state index contributed by atoms with van der Waals surface area (Å²) in [5.74, 6) is -0.502. The molecule has 0 unspecified atom stereocenters. The van der Waals surface area contributed by atoms with Gasteiger partial charge >= 0.3 is 0 Å². The summed E-state index contributed by atoms with van der Waals surface area (Å²) in [7, 11) is 0. The Bertz CT molecular complexity index is 1010. The molecule has 156 valence electrons. The van der Waals surface area contributed by atoms with Crippen LogP contribution in [0, 0.1) is 5.82 Å². The molecule has 3 rings (SSSR count). The van der Waals surface area contributed by atoms with Crippen LogP contribution in [-0.2, 0) is 11.3 Å². The fraction of sp³-hybridized carbons (Fsp3) is 0.200. The van der Waals surface area contributed by atoms with Crippen LogP contribution in [0.25, 0.3) is 0 Å². The molecule has 0 atom stereocenters. The van der Waals surface area contributed by atoms with Crippen LogP contribution in [0.3, 0.4) is 0 Å². The number of aromatic nitrogens is 2. The van der Waals surface area contributed by atoms with Crippen molar-refractivity contribution in [2.75, 3.05) is 17.7 Å². The lowest BCUT2D eigenvalue weighted by Crippen LogP contribution is -2.23. The van der Waals surface area contributed by atoms with Crippen LogP contribution >= 0.6 is 11.8 Å². The maximum atomic E-state index is 13.6. The molecular weight excluding hydrogens is 411 g/mol. The quantitative estimate of drug-likeness (QED) is 0.502. The predicted octanol–water partition coefficient (Wildman–Crippen LogP) is 3.27. The van der Waals surface area contributed by atoms with Crippen molar-refractivity contribution in [3.05, 3.63) is 65.8 Å². The van der Waals surface area contributed by atoms with Crippen molar-refractivity contribution in [1.82, 2.24) is 15.5 Å². The molecule has 0 saturated heterocycles. The summed E-state index contributed by atoms with van der Waals surface area (Å²) >= 11 is 1.06. The second-order valence-corrected chi connectivity index (χ2v) is 6.85. The number of rotatable bonds is 9. The highest BCUT2D eigenvalue weighted by atomic mass is 32.2. The van der Waals surface area contributed by atoms with E-state index in [1.54, 1.807) is 30.3 Å². The lowest BCUT2D eigenvalue weighted by Gasteiger charge is -2.06. The van der Waals surface area contributed by atoms with Gasteiger partial charge in [0.2, 0.25) is 11.8 Å². The molecule has 30 heavy (non-hydrogen) atoms. The Labute approximate surface area is 176 Å². The first-order chi connectivity index (χ1) is 14.5. The van der Waals surface area contributed by atoms with Crippen LogP contribution < -0.4 is 15.4 Å². The molecular formula is C20H19FN4O4S. The number of benzene rings is 2. The summed E-state index contributed by atoms with van der Waals surface area (Å²) in [6.45, 7) is 2.41. The van der Waals surface area contributed by atoms with E-state index in [4.69, 9.17) is 9.15 Å². The number of anilines is 1. The van der Waals surface area contributed by atoms with Gasteiger partial charge in [-0.05, 0) is 43.3 Å². The Balaban J connectivity index is 1.44. The number of nitrogens with zero attached hydrogens (tertiary/aromatic N) is 2. The van der Waals surface area contributed by atoms with Crippen molar-refractivity contribution in [2.45, 2.75) is 18.7 Å². The molecule has 8 nitrogen and oxygen atoms in total. The van der Waals surface area contributed by atoms with Crippen molar-refractivity contribution in [3.8, 4) is 5.75 Å². The minimum absolute atomic E-state index is 0.0564. The van der Waals surface area contributed by atoms with Gasteiger partial charge in [-0.1, -0.05) is 23.9 Å². The Morgan fingerprint density at radius 2 is 1.90 bits per heavy atom. The minimum atomic E-state index is -0.615. The normalized spacial score (nSPS) is 10.5. The van der Waals surface area contributed by atoms with E-state index >= 15 is 0 Å². The maximum Gasteiger partial charge on any atom is 0.277 e. The highest BCUT2D eigenvalue weighted by Gasteiger charge is 2.14. The second-order valence-electron chi connectivity index (χ2n) is 5.92. The van der Waals surface area contributed by atoms with Crippen LogP contribution in [-0.4, -0.2) is 34.4 Å². The van der Waals surface area contributed by atoms with Gasteiger partial charge in [-0.2, -0.15) is 0 Å². The predicted molar refractivity (Wildman–Crippen MR) is 109 cm³/mol. The SMILES string of the molecule is CCOc1ccc(NC(=O)CSc2nnc(CNC(=O)c3ccccc3F)o2)cc1. The molecule has 2 amide bonds. The lowest BCUT2D eigenvalue weighted by atomic mass is 10.2. The summed E-state index contributed by atoms with van der Waals surface area (Å²) < 4.78 is 24.3. The second kappa shape index (κ2) is 10.4. The van der Waals surface area contributed by atoms with Crippen molar-refractivity contribution in [2.24, 2.45) is 0 Å². The van der Waals surface area contributed by atoms with E-state index in [2.05, 4.69) is 20.8 Å². The van der Waals surface area contributed by atoms with Crippen LogP contribution in [0.4, 0.5) is 10.1 Å². The van der Waals surface area contributed by atoms with Gasteiger partial charge in [0.05, 0.1) is 24.5 Å². The van der Waals surface area contributed by atoms with E-state index < -0.39 is 11.7 Å². The first-order valence-electron chi connectivity index (χ1n) is 9.05. The minimum Gasteiger partial charge on any atom is -0.494 e. The number of carbonyl (C=O) groups excluding carboxylic acids is 2. The zero-order chi connectivity index (χ0) is 21.3. The van der Waals surface area contributed by atoms with Crippen LogP contribution in [0.1, 0.15) is 23.2 Å². The third-order valence-electron chi connectivity index (χ3n) is 3.74. The molecule has 0 spiro atoms. The maximum absolute atomic E-state index is 13.6. The number of amides is 2. The molecule has 0 fully saturated rings.